The Balaban J connectivity index is 3.59. The highest BCUT2D eigenvalue weighted by atomic mass is 16.3. The van der Waals surface area contributed by atoms with Crippen molar-refractivity contribution in [3.05, 3.63) is 11.6 Å². The highest BCUT2D eigenvalue weighted by Gasteiger charge is 2.05. The van der Waals surface area contributed by atoms with Crippen LogP contribution in [0.4, 0.5) is 0 Å². The van der Waals surface area contributed by atoms with Gasteiger partial charge < -0.3 is 5.11 Å². The number of hydrogen-bond donors (Lipinski definition) is 1. The van der Waals surface area contributed by atoms with Crippen molar-refractivity contribution in [3.63, 3.8) is 0 Å². The smallest absolute Gasteiger partial charge is 0.0540 e. The first kappa shape index (κ1) is 9.70. The lowest BCUT2D eigenvalue weighted by Gasteiger charge is -2.11. The molecule has 0 spiro atoms. The van der Waals surface area contributed by atoms with Crippen molar-refractivity contribution in [1.82, 2.24) is 0 Å². The second-order valence-electron chi connectivity index (χ2n) is 3.24. The van der Waals surface area contributed by atoms with E-state index in [2.05, 4.69) is 26.8 Å². The average molecular weight is 142 g/mol. The van der Waals surface area contributed by atoms with Crippen LogP contribution in [0.2, 0.25) is 0 Å². The van der Waals surface area contributed by atoms with Crippen LogP contribution in [0.3, 0.4) is 0 Å². The zero-order valence-corrected chi connectivity index (χ0v) is 7.39. The van der Waals surface area contributed by atoms with Crippen LogP contribution in [-0.2, 0) is 0 Å². The van der Waals surface area contributed by atoms with E-state index in [0.717, 1.165) is 6.42 Å². The summed E-state index contributed by atoms with van der Waals surface area (Å²) in [7, 11) is 0. The van der Waals surface area contributed by atoms with Crippen LogP contribution in [0.5, 0.6) is 0 Å². The van der Waals surface area contributed by atoms with Gasteiger partial charge in [0.05, 0.1) is 6.10 Å². The van der Waals surface area contributed by atoms with Crippen molar-refractivity contribution in [1.29, 1.82) is 0 Å². The minimum atomic E-state index is -0.185. The van der Waals surface area contributed by atoms with Gasteiger partial charge in [-0.05, 0) is 33.1 Å². The van der Waals surface area contributed by atoms with Gasteiger partial charge in [0, 0.05) is 0 Å². The molecule has 0 aromatic heterocycles. The molecule has 0 aliphatic carbocycles. The SMILES string of the molecule is CC(C)=CCC(C)C(C)O. The summed E-state index contributed by atoms with van der Waals surface area (Å²) >= 11 is 0. The normalized spacial score (nSPS) is 16.1. The van der Waals surface area contributed by atoms with E-state index in [1.807, 2.05) is 6.92 Å². The Labute approximate surface area is 63.8 Å². The molecule has 0 aromatic rings. The summed E-state index contributed by atoms with van der Waals surface area (Å²) < 4.78 is 0. The van der Waals surface area contributed by atoms with Gasteiger partial charge >= 0.3 is 0 Å². The number of allylic oxidation sites excluding steroid dienone is 2. The standard InChI is InChI=1S/C9H18O/c1-7(2)5-6-8(3)9(4)10/h5,8-10H,6H2,1-4H3. The van der Waals surface area contributed by atoms with Gasteiger partial charge in [-0.3, -0.25) is 0 Å². The summed E-state index contributed by atoms with van der Waals surface area (Å²) in [6.45, 7) is 8.05. The quantitative estimate of drug-likeness (QED) is 0.600. The topological polar surface area (TPSA) is 20.2 Å². The summed E-state index contributed by atoms with van der Waals surface area (Å²) in [5.74, 6) is 0.384. The predicted octanol–water partition coefficient (Wildman–Crippen LogP) is 2.36. The molecule has 2 unspecified atom stereocenters. The largest absolute Gasteiger partial charge is 0.393 e. The fourth-order valence-corrected chi connectivity index (χ4v) is 0.619. The molecule has 0 heterocycles. The second-order valence-corrected chi connectivity index (χ2v) is 3.24. The number of aliphatic hydroxyl groups is 1. The van der Waals surface area contributed by atoms with E-state index in [9.17, 15) is 0 Å². The van der Waals surface area contributed by atoms with Crippen LogP contribution in [0, 0.1) is 5.92 Å². The van der Waals surface area contributed by atoms with Gasteiger partial charge in [0.25, 0.3) is 0 Å². The van der Waals surface area contributed by atoms with E-state index in [-0.39, 0.29) is 6.10 Å². The molecule has 1 nitrogen and oxygen atoms in total. The molecule has 0 amide bonds. The van der Waals surface area contributed by atoms with E-state index in [4.69, 9.17) is 5.11 Å². The minimum Gasteiger partial charge on any atom is -0.393 e. The van der Waals surface area contributed by atoms with Crippen LogP contribution in [0.15, 0.2) is 11.6 Å². The van der Waals surface area contributed by atoms with E-state index >= 15 is 0 Å². The molecule has 1 heteroatoms. The van der Waals surface area contributed by atoms with Crippen molar-refractivity contribution >= 4 is 0 Å². The minimum absolute atomic E-state index is 0.185. The number of rotatable bonds is 3. The van der Waals surface area contributed by atoms with E-state index in [1.54, 1.807) is 0 Å². The van der Waals surface area contributed by atoms with E-state index in [0.29, 0.717) is 5.92 Å². The Morgan fingerprint density at radius 2 is 1.90 bits per heavy atom. The lowest BCUT2D eigenvalue weighted by Crippen LogP contribution is -2.11. The zero-order valence-electron chi connectivity index (χ0n) is 7.39. The zero-order chi connectivity index (χ0) is 8.15. The van der Waals surface area contributed by atoms with Crippen molar-refractivity contribution < 1.29 is 5.11 Å². The molecule has 0 saturated carbocycles. The summed E-state index contributed by atoms with van der Waals surface area (Å²) in [5, 5.41) is 9.10. The Morgan fingerprint density at radius 1 is 1.40 bits per heavy atom. The Bertz CT molecular complexity index is 110. The lowest BCUT2D eigenvalue weighted by atomic mass is 10.0. The molecule has 2 atom stereocenters. The monoisotopic (exact) mass is 142 g/mol. The molecule has 0 bridgehead atoms. The van der Waals surface area contributed by atoms with Crippen molar-refractivity contribution in [2.24, 2.45) is 5.92 Å². The summed E-state index contributed by atoms with van der Waals surface area (Å²) in [5.41, 5.74) is 1.33. The molecule has 1 N–H and O–H groups in total. The third-order valence-electron chi connectivity index (χ3n) is 1.72. The fourth-order valence-electron chi connectivity index (χ4n) is 0.619. The molecule has 0 saturated heterocycles. The predicted molar refractivity (Wildman–Crippen MR) is 44.9 cm³/mol. The molecule has 0 fully saturated rings. The van der Waals surface area contributed by atoms with E-state index in [1.165, 1.54) is 5.57 Å². The highest BCUT2D eigenvalue weighted by Crippen LogP contribution is 2.09. The first-order chi connectivity index (χ1) is 4.54. The van der Waals surface area contributed by atoms with Gasteiger partial charge in [-0.1, -0.05) is 18.6 Å². The van der Waals surface area contributed by atoms with Crippen molar-refractivity contribution in [2.45, 2.75) is 40.2 Å². The van der Waals surface area contributed by atoms with Crippen LogP contribution >= 0.6 is 0 Å². The van der Waals surface area contributed by atoms with Gasteiger partial charge in [-0.15, -0.1) is 0 Å². The maximum Gasteiger partial charge on any atom is 0.0540 e. The lowest BCUT2D eigenvalue weighted by molar-refractivity contribution is 0.136. The second kappa shape index (κ2) is 4.51. The third kappa shape index (κ3) is 4.57. The number of aliphatic hydroxyl groups excluding tert-OH is 1. The summed E-state index contributed by atoms with van der Waals surface area (Å²) in [4.78, 5) is 0. The molecule has 0 radical (unpaired) electrons. The molecule has 60 valence electrons. The molecule has 0 aliphatic heterocycles. The Morgan fingerprint density at radius 3 is 2.20 bits per heavy atom. The Hall–Kier alpha value is -0.300. The van der Waals surface area contributed by atoms with Gasteiger partial charge in [0.2, 0.25) is 0 Å². The maximum atomic E-state index is 9.10. The van der Waals surface area contributed by atoms with Crippen LogP contribution in [0.25, 0.3) is 0 Å². The fraction of sp³-hybridized carbons (Fsp3) is 0.778. The first-order valence-electron chi connectivity index (χ1n) is 3.85. The molecule has 0 aliphatic rings. The van der Waals surface area contributed by atoms with Crippen molar-refractivity contribution in [3.8, 4) is 0 Å². The number of hydrogen-bond acceptors (Lipinski definition) is 1. The molecular formula is C9H18O. The maximum absolute atomic E-state index is 9.10. The van der Waals surface area contributed by atoms with Gasteiger partial charge in [0.1, 0.15) is 0 Å². The third-order valence-corrected chi connectivity index (χ3v) is 1.72. The van der Waals surface area contributed by atoms with Crippen LogP contribution in [-0.4, -0.2) is 11.2 Å². The first-order valence-corrected chi connectivity index (χ1v) is 3.85. The highest BCUT2D eigenvalue weighted by molar-refractivity contribution is 4.93. The summed E-state index contributed by atoms with van der Waals surface area (Å²) in [6, 6.07) is 0. The molecule has 0 rings (SSSR count). The van der Waals surface area contributed by atoms with Crippen molar-refractivity contribution in [2.75, 3.05) is 0 Å². The van der Waals surface area contributed by atoms with Crippen LogP contribution in [0.1, 0.15) is 34.1 Å². The van der Waals surface area contributed by atoms with Gasteiger partial charge in [-0.2, -0.15) is 0 Å². The summed E-state index contributed by atoms with van der Waals surface area (Å²) in [6.07, 6.45) is 2.97. The van der Waals surface area contributed by atoms with E-state index < -0.39 is 0 Å². The van der Waals surface area contributed by atoms with Gasteiger partial charge in [0.15, 0.2) is 0 Å². The molecule has 0 aromatic carbocycles. The molecular weight excluding hydrogens is 124 g/mol. The average Bonchev–Trinajstić information content (AvgIpc) is 1.82. The Kier molecular flexibility index (Phi) is 4.37. The van der Waals surface area contributed by atoms with Gasteiger partial charge in [-0.25, -0.2) is 0 Å². The molecule has 10 heavy (non-hydrogen) atoms. The van der Waals surface area contributed by atoms with Crippen LogP contribution < -0.4 is 0 Å².